The van der Waals surface area contributed by atoms with Gasteiger partial charge in [0, 0.05) is 5.56 Å². The van der Waals surface area contributed by atoms with Crippen LogP contribution in [0.2, 0.25) is 0 Å². The number of carbonyl (C=O) groups is 1. The number of carbonyl (C=O) groups excluding carboxylic acids is 1. The van der Waals surface area contributed by atoms with Crippen LogP contribution in [0.1, 0.15) is 10.7 Å². The molecule has 0 aliphatic carbocycles. The molecule has 2 rings (SSSR count). The molecule has 1 heterocycles. The lowest BCUT2D eigenvalue weighted by Crippen LogP contribution is -1.88. The summed E-state index contributed by atoms with van der Waals surface area (Å²) in [5.41, 5.74) is 0.419. The predicted molar refractivity (Wildman–Crippen MR) is 49.9 cm³/mol. The summed E-state index contributed by atoms with van der Waals surface area (Å²) in [6.07, 6.45) is 0. The third kappa shape index (κ3) is 2.02. The maximum absolute atomic E-state index is 12.8. The number of benzene rings is 1. The number of rotatable bonds is 2. The van der Waals surface area contributed by atoms with E-state index in [2.05, 4.69) is 14.7 Å². The van der Waals surface area contributed by atoms with Crippen LogP contribution in [0.25, 0.3) is 11.4 Å². The van der Waals surface area contributed by atoms with Gasteiger partial charge in [-0.2, -0.15) is 4.98 Å². The minimum Gasteiger partial charge on any atom is -0.329 e. The molecular formula is C9H4ClFN2O2. The van der Waals surface area contributed by atoms with Gasteiger partial charge in [0.05, 0.1) is 0 Å². The fraction of sp³-hybridized carbons (Fsp3) is 0. The number of halogens is 2. The zero-order valence-electron chi connectivity index (χ0n) is 7.28. The van der Waals surface area contributed by atoms with Crippen LogP contribution in [-0.4, -0.2) is 15.4 Å². The lowest BCUT2D eigenvalue weighted by molar-refractivity contribution is 0.104. The molecule has 0 aliphatic rings. The number of aromatic nitrogens is 2. The zero-order valence-corrected chi connectivity index (χ0v) is 8.03. The van der Waals surface area contributed by atoms with Crippen molar-refractivity contribution in [2.75, 3.05) is 0 Å². The highest BCUT2D eigenvalue weighted by Gasteiger charge is 2.13. The molecule has 0 amide bonds. The molecule has 0 atom stereocenters. The third-order valence-corrected chi connectivity index (χ3v) is 1.84. The van der Waals surface area contributed by atoms with Gasteiger partial charge >= 0.3 is 11.1 Å². The summed E-state index contributed by atoms with van der Waals surface area (Å²) in [4.78, 5) is 14.3. The van der Waals surface area contributed by atoms with Crippen molar-refractivity contribution in [2.45, 2.75) is 0 Å². The van der Waals surface area contributed by atoms with E-state index in [0.717, 1.165) is 0 Å². The quantitative estimate of drug-likeness (QED) is 0.737. The molecule has 1 aromatic carbocycles. The van der Waals surface area contributed by atoms with Crippen molar-refractivity contribution in [3.05, 3.63) is 36.0 Å². The predicted octanol–water partition coefficient (Wildman–Crippen LogP) is 2.25. The second kappa shape index (κ2) is 3.78. The zero-order chi connectivity index (χ0) is 10.8. The van der Waals surface area contributed by atoms with E-state index in [1.165, 1.54) is 18.2 Å². The lowest BCUT2D eigenvalue weighted by Gasteiger charge is -1.92. The molecule has 4 nitrogen and oxygen atoms in total. The molecule has 2 aromatic rings. The lowest BCUT2D eigenvalue weighted by atomic mass is 10.2. The maximum Gasteiger partial charge on any atom is 0.310 e. The van der Waals surface area contributed by atoms with E-state index in [1.54, 1.807) is 6.07 Å². The summed E-state index contributed by atoms with van der Waals surface area (Å²) in [6, 6.07) is 5.62. The first kappa shape index (κ1) is 9.79. The van der Waals surface area contributed by atoms with Crippen molar-refractivity contribution in [1.29, 1.82) is 0 Å². The molecule has 0 N–H and O–H groups in total. The average molecular weight is 227 g/mol. The van der Waals surface area contributed by atoms with Crippen LogP contribution < -0.4 is 0 Å². The standard InChI is InChI=1S/C9H4ClFN2O2/c10-7(14)9-12-8(13-15-9)5-2-1-3-6(11)4-5/h1-4H. The van der Waals surface area contributed by atoms with Gasteiger partial charge in [0.15, 0.2) is 0 Å². The van der Waals surface area contributed by atoms with Crippen molar-refractivity contribution in [1.82, 2.24) is 10.1 Å². The molecule has 0 fully saturated rings. The van der Waals surface area contributed by atoms with Crippen molar-refractivity contribution in [3.8, 4) is 11.4 Å². The highest BCUT2D eigenvalue weighted by atomic mass is 35.5. The SMILES string of the molecule is O=C(Cl)c1nc(-c2cccc(F)c2)no1. The van der Waals surface area contributed by atoms with E-state index < -0.39 is 11.1 Å². The minimum atomic E-state index is -0.842. The van der Waals surface area contributed by atoms with Crippen LogP contribution in [-0.2, 0) is 0 Å². The van der Waals surface area contributed by atoms with E-state index >= 15 is 0 Å². The largest absolute Gasteiger partial charge is 0.329 e. The van der Waals surface area contributed by atoms with Crippen LogP contribution in [0.4, 0.5) is 4.39 Å². The van der Waals surface area contributed by atoms with Crippen LogP contribution in [0, 0.1) is 5.82 Å². The van der Waals surface area contributed by atoms with E-state index in [9.17, 15) is 9.18 Å². The fourth-order valence-electron chi connectivity index (χ4n) is 1.05. The molecule has 0 spiro atoms. The fourth-order valence-corrected chi connectivity index (χ4v) is 1.12. The summed E-state index contributed by atoms with van der Waals surface area (Å²) in [5.74, 6) is -0.606. The summed E-state index contributed by atoms with van der Waals surface area (Å²) in [5, 5.41) is 2.65. The Hall–Kier alpha value is -1.75. The number of hydrogen-bond donors (Lipinski definition) is 0. The highest BCUT2D eigenvalue weighted by molar-refractivity contribution is 6.67. The molecule has 0 saturated carbocycles. The van der Waals surface area contributed by atoms with E-state index in [-0.39, 0.29) is 11.7 Å². The normalized spacial score (nSPS) is 10.3. The van der Waals surface area contributed by atoms with Gasteiger partial charge in [0.25, 0.3) is 0 Å². The van der Waals surface area contributed by atoms with Gasteiger partial charge in [-0.05, 0) is 23.7 Å². The van der Waals surface area contributed by atoms with Crippen molar-refractivity contribution < 1.29 is 13.7 Å². The van der Waals surface area contributed by atoms with E-state index in [0.29, 0.717) is 5.56 Å². The molecule has 0 saturated heterocycles. The van der Waals surface area contributed by atoms with Gasteiger partial charge in [-0.3, -0.25) is 4.79 Å². The summed E-state index contributed by atoms with van der Waals surface area (Å²) in [7, 11) is 0. The Morgan fingerprint density at radius 3 is 2.87 bits per heavy atom. The molecule has 0 unspecified atom stereocenters. The first-order chi connectivity index (χ1) is 7.16. The Kier molecular flexibility index (Phi) is 2.47. The van der Waals surface area contributed by atoms with Gasteiger partial charge in [0.1, 0.15) is 5.82 Å². The van der Waals surface area contributed by atoms with Gasteiger partial charge in [-0.15, -0.1) is 0 Å². The Labute approximate surface area is 88.7 Å². The monoisotopic (exact) mass is 226 g/mol. The summed E-state index contributed by atoms with van der Waals surface area (Å²) in [6.45, 7) is 0. The minimum absolute atomic E-state index is 0.124. The molecule has 76 valence electrons. The molecule has 0 bridgehead atoms. The first-order valence-corrected chi connectivity index (χ1v) is 4.34. The average Bonchev–Trinajstić information content (AvgIpc) is 2.66. The third-order valence-electron chi connectivity index (χ3n) is 1.68. The van der Waals surface area contributed by atoms with Crippen LogP contribution in [0.15, 0.2) is 28.8 Å². The molecule has 6 heteroatoms. The summed E-state index contributed by atoms with van der Waals surface area (Å²) < 4.78 is 17.4. The summed E-state index contributed by atoms with van der Waals surface area (Å²) >= 11 is 5.13. The first-order valence-electron chi connectivity index (χ1n) is 3.96. The molecule has 15 heavy (non-hydrogen) atoms. The van der Waals surface area contributed by atoms with Crippen molar-refractivity contribution in [2.24, 2.45) is 0 Å². The van der Waals surface area contributed by atoms with Crippen molar-refractivity contribution >= 4 is 16.8 Å². The molecule has 1 aromatic heterocycles. The second-order valence-corrected chi connectivity index (χ2v) is 3.05. The van der Waals surface area contributed by atoms with Gasteiger partial charge in [-0.1, -0.05) is 17.3 Å². The van der Waals surface area contributed by atoms with E-state index in [4.69, 9.17) is 11.6 Å². The Balaban J connectivity index is 2.41. The van der Waals surface area contributed by atoms with Gasteiger partial charge < -0.3 is 4.52 Å². The van der Waals surface area contributed by atoms with E-state index in [1.807, 2.05) is 0 Å². The topological polar surface area (TPSA) is 56.0 Å². The molecule has 0 aliphatic heterocycles. The Morgan fingerprint density at radius 2 is 2.27 bits per heavy atom. The van der Waals surface area contributed by atoms with Crippen LogP contribution in [0.3, 0.4) is 0 Å². The number of hydrogen-bond acceptors (Lipinski definition) is 4. The van der Waals surface area contributed by atoms with Gasteiger partial charge in [0.2, 0.25) is 5.82 Å². The Bertz CT molecular complexity index is 512. The smallest absolute Gasteiger partial charge is 0.310 e. The van der Waals surface area contributed by atoms with Crippen LogP contribution in [0.5, 0.6) is 0 Å². The highest BCUT2D eigenvalue weighted by Crippen LogP contribution is 2.16. The van der Waals surface area contributed by atoms with Crippen LogP contribution >= 0.6 is 11.6 Å². The number of nitrogens with zero attached hydrogens (tertiary/aromatic N) is 2. The van der Waals surface area contributed by atoms with Gasteiger partial charge in [-0.25, -0.2) is 4.39 Å². The second-order valence-electron chi connectivity index (χ2n) is 2.71. The Morgan fingerprint density at radius 1 is 1.47 bits per heavy atom. The molecular weight excluding hydrogens is 223 g/mol. The molecule has 0 radical (unpaired) electrons. The maximum atomic E-state index is 12.8. The van der Waals surface area contributed by atoms with Crippen molar-refractivity contribution in [3.63, 3.8) is 0 Å².